The van der Waals surface area contributed by atoms with Crippen molar-refractivity contribution < 1.29 is 0 Å². The molecule has 0 fully saturated rings. The van der Waals surface area contributed by atoms with Crippen LogP contribution in [0.1, 0.15) is 0 Å². The number of thiophene rings is 1. The quantitative estimate of drug-likeness (QED) is 0.550. The molecule has 4 heteroatoms. The Balaban J connectivity index is 2.94. The number of thiol groups is 1. The number of nitrogens with two attached hydrogens (primary N) is 1. The molecule has 1 aromatic carbocycles. The van der Waals surface area contributed by atoms with E-state index in [4.69, 9.17) is 5.73 Å². The standard InChI is InChI=1S/C8H6BrNS2/c9-7-4-1-2-12-6(4)3-5(10)8(7)11/h1-3,11H,10H2. The van der Waals surface area contributed by atoms with Crippen molar-refractivity contribution >= 4 is 55.7 Å². The van der Waals surface area contributed by atoms with Gasteiger partial charge in [0.2, 0.25) is 0 Å². The van der Waals surface area contributed by atoms with Crippen LogP contribution in [-0.4, -0.2) is 0 Å². The van der Waals surface area contributed by atoms with Crippen LogP contribution in [0.25, 0.3) is 10.1 Å². The maximum absolute atomic E-state index is 5.75. The van der Waals surface area contributed by atoms with Crippen molar-refractivity contribution in [2.75, 3.05) is 5.73 Å². The highest BCUT2D eigenvalue weighted by atomic mass is 79.9. The van der Waals surface area contributed by atoms with Gasteiger partial charge in [0.25, 0.3) is 0 Å². The second kappa shape index (κ2) is 2.94. The van der Waals surface area contributed by atoms with Gasteiger partial charge in [0.05, 0.1) is 0 Å². The SMILES string of the molecule is Nc1cc2sccc2c(Br)c1S. The molecule has 0 saturated carbocycles. The molecule has 0 atom stereocenters. The zero-order chi connectivity index (χ0) is 8.72. The summed E-state index contributed by atoms with van der Waals surface area (Å²) in [6.45, 7) is 0. The van der Waals surface area contributed by atoms with Gasteiger partial charge in [-0.15, -0.1) is 24.0 Å². The van der Waals surface area contributed by atoms with Gasteiger partial charge in [-0.25, -0.2) is 0 Å². The van der Waals surface area contributed by atoms with Crippen molar-refractivity contribution in [2.24, 2.45) is 0 Å². The van der Waals surface area contributed by atoms with E-state index in [2.05, 4.69) is 34.6 Å². The summed E-state index contributed by atoms with van der Waals surface area (Å²) in [6, 6.07) is 4.01. The summed E-state index contributed by atoms with van der Waals surface area (Å²) in [5, 5.41) is 3.22. The fourth-order valence-electron chi connectivity index (χ4n) is 1.08. The molecule has 0 spiro atoms. The molecule has 2 N–H and O–H groups in total. The molecule has 1 heterocycles. The van der Waals surface area contributed by atoms with Crippen molar-refractivity contribution in [3.8, 4) is 0 Å². The first-order valence-electron chi connectivity index (χ1n) is 3.34. The number of anilines is 1. The molecule has 0 saturated heterocycles. The Morgan fingerprint density at radius 2 is 2.25 bits per heavy atom. The smallest absolute Gasteiger partial charge is 0.0475 e. The van der Waals surface area contributed by atoms with Gasteiger partial charge >= 0.3 is 0 Å². The van der Waals surface area contributed by atoms with E-state index in [0.717, 1.165) is 15.1 Å². The van der Waals surface area contributed by atoms with Gasteiger partial charge < -0.3 is 5.73 Å². The Labute approximate surface area is 88.1 Å². The van der Waals surface area contributed by atoms with Crippen LogP contribution < -0.4 is 5.73 Å². The summed E-state index contributed by atoms with van der Waals surface area (Å²) >= 11 is 9.44. The second-order valence-electron chi connectivity index (χ2n) is 2.46. The number of fused-ring (bicyclic) bond motifs is 1. The van der Waals surface area contributed by atoms with Crippen LogP contribution >= 0.6 is 39.9 Å². The molecule has 0 bridgehead atoms. The van der Waals surface area contributed by atoms with Gasteiger partial charge in [0.15, 0.2) is 0 Å². The summed E-state index contributed by atoms with van der Waals surface area (Å²) in [7, 11) is 0. The lowest BCUT2D eigenvalue weighted by atomic mass is 10.2. The van der Waals surface area contributed by atoms with Crippen LogP contribution in [0.4, 0.5) is 5.69 Å². The van der Waals surface area contributed by atoms with Gasteiger partial charge in [-0.2, -0.15) is 0 Å². The lowest BCUT2D eigenvalue weighted by molar-refractivity contribution is 1.48. The van der Waals surface area contributed by atoms with Crippen molar-refractivity contribution in [2.45, 2.75) is 4.90 Å². The van der Waals surface area contributed by atoms with E-state index in [-0.39, 0.29) is 0 Å². The van der Waals surface area contributed by atoms with Gasteiger partial charge in [-0.1, -0.05) is 0 Å². The summed E-state index contributed by atoms with van der Waals surface area (Å²) in [5.41, 5.74) is 6.47. The Hall–Kier alpha value is -0.190. The second-order valence-corrected chi connectivity index (χ2v) is 4.65. The Kier molecular flexibility index (Phi) is 2.06. The molecule has 12 heavy (non-hydrogen) atoms. The highest BCUT2D eigenvalue weighted by Gasteiger charge is 2.06. The van der Waals surface area contributed by atoms with Crippen LogP contribution in [0.15, 0.2) is 26.9 Å². The average molecular weight is 260 g/mol. The minimum Gasteiger partial charge on any atom is -0.398 e. The number of benzene rings is 1. The molecule has 2 aromatic rings. The molecule has 0 aliphatic rings. The predicted octanol–water partition coefficient (Wildman–Crippen LogP) is 3.53. The minimum absolute atomic E-state index is 0.722. The fourth-order valence-corrected chi connectivity index (χ4v) is 2.81. The van der Waals surface area contributed by atoms with Crippen molar-refractivity contribution in [3.63, 3.8) is 0 Å². The Bertz CT molecular complexity index is 436. The van der Waals surface area contributed by atoms with Crippen molar-refractivity contribution in [1.82, 2.24) is 0 Å². The zero-order valence-electron chi connectivity index (χ0n) is 6.04. The van der Waals surface area contributed by atoms with Crippen molar-refractivity contribution in [1.29, 1.82) is 0 Å². The lowest BCUT2D eigenvalue weighted by Gasteiger charge is -2.02. The van der Waals surface area contributed by atoms with E-state index in [1.165, 1.54) is 10.1 Å². The molecule has 62 valence electrons. The predicted molar refractivity (Wildman–Crippen MR) is 61.2 cm³/mol. The molecule has 0 amide bonds. The Morgan fingerprint density at radius 1 is 1.50 bits per heavy atom. The lowest BCUT2D eigenvalue weighted by Crippen LogP contribution is -1.86. The molecular weight excluding hydrogens is 254 g/mol. The largest absolute Gasteiger partial charge is 0.398 e. The van der Waals surface area contributed by atoms with Crippen LogP contribution in [0, 0.1) is 0 Å². The summed E-state index contributed by atoms with van der Waals surface area (Å²) < 4.78 is 2.18. The summed E-state index contributed by atoms with van der Waals surface area (Å²) in [5.74, 6) is 0. The Morgan fingerprint density at radius 3 is 3.00 bits per heavy atom. The highest BCUT2D eigenvalue weighted by molar-refractivity contribution is 9.10. The normalized spacial score (nSPS) is 10.8. The van der Waals surface area contributed by atoms with Crippen LogP contribution in [0.5, 0.6) is 0 Å². The third-order valence-electron chi connectivity index (χ3n) is 1.70. The van der Waals surface area contributed by atoms with E-state index in [1.54, 1.807) is 11.3 Å². The maximum atomic E-state index is 5.75. The molecule has 0 aliphatic carbocycles. The van der Waals surface area contributed by atoms with Gasteiger partial charge in [0, 0.05) is 25.1 Å². The number of rotatable bonds is 0. The first kappa shape index (κ1) is 8.41. The van der Waals surface area contributed by atoms with Gasteiger partial charge in [-0.3, -0.25) is 0 Å². The van der Waals surface area contributed by atoms with Gasteiger partial charge in [-0.05, 0) is 33.4 Å². The maximum Gasteiger partial charge on any atom is 0.0475 e. The molecule has 1 aromatic heterocycles. The summed E-state index contributed by atoms with van der Waals surface area (Å²) in [6.07, 6.45) is 0. The van der Waals surface area contributed by atoms with E-state index < -0.39 is 0 Å². The monoisotopic (exact) mass is 259 g/mol. The average Bonchev–Trinajstić information content (AvgIpc) is 2.48. The number of hydrogen-bond acceptors (Lipinski definition) is 3. The summed E-state index contributed by atoms with van der Waals surface area (Å²) in [4.78, 5) is 0.820. The van der Waals surface area contributed by atoms with Crippen LogP contribution in [0.3, 0.4) is 0 Å². The van der Waals surface area contributed by atoms with E-state index >= 15 is 0 Å². The van der Waals surface area contributed by atoms with E-state index in [0.29, 0.717) is 0 Å². The fraction of sp³-hybridized carbons (Fsp3) is 0. The molecule has 0 aliphatic heterocycles. The third-order valence-corrected chi connectivity index (χ3v) is 4.18. The molecule has 0 unspecified atom stereocenters. The first-order valence-corrected chi connectivity index (χ1v) is 5.46. The van der Waals surface area contributed by atoms with E-state index in [9.17, 15) is 0 Å². The first-order chi connectivity index (χ1) is 5.70. The molecule has 1 nitrogen and oxygen atoms in total. The number of halogens is 1. The highest BCUT2D eigenvalue weighted by Crippen LogP contribution is 2.36. The van der Waals surface area contributed by atoms with Crippen LogP contribution in [-0.2, 0) is 0 Å². The molecule has 2 rings (SSSR count). The number of hydrogen-bond donors (Lipinski definition) is 2. The van der Waals surface area contributed by atoms with Crippen LogP contribution in [0.2, 0.25) is 0 Å². The third kappa shape index (κ3) is 1.14. The molecular formula is C8H6BrNS2. The molecule has 0 radical (unpaired) electrons. The number of nitrogen functional groups attached to an aromatic ring is 1. The topological polar surface area (TPSA) is 26.0 Å². The van der Waals surface area contributed by atoms with Crippen molar-refractivity contribution in [3.05, 3.63) is 22.0 Å². The van der Waals surface area contributed by atoms with E-state index in [1.807, 2.05) is 11.4 Å². The zero-order valence-corrected chi connectivity index (χ0v) is 9.34. The van der Waals surface area contributed by atoms with Gasteiger partial charge in [0.1, 0.15) is 0 Å². The minimum atomic E-state index is 0.722.